The second-order valence-electron chi connectivity index (χ2n) is 3.38. The molecule has 15 heavy (non-hydrogen) atoms. The summed E-state index contributed by atoms with van der Waals surface area (Å²) in [4.78, 5) is 3.25. The van der Waals surface area contributed by atoms with Gasteiger partial charge >= 0.3 is 0 Å². The van der Waals surface area contributed by atoms with Crippen LogP contribution in [0.5, 0.6) is 0 Å². The summed E-state index contributed by atoms with van der Waals surface area (Å²) in [5, 5.41) is 8.87. The molecule has 0 atom stereocenters. The van der Waals surface area contributed by atoms with Crippen LogP contribution in [-0.4, -0.2) is 0 Å². The molecule has 2 nitrogen and oxygen atoms in total. The van der Waals surface area contributed by atoms with Crippen LogP contribution in [0.2, 0.25) is 0 Å². The highest BCUT2D eigenvalue weighted by Gasteiger charge is 2.22. The van der Waals surface area contributed by atoms with Crippen molar-refractivity contribution in [2.45, 2.75) is 6.42 Å². The highest BCUT2D eigenvalue weighted by molar-refractivity contribution is 5.89. The normalized spacial score (nSPS) is 16.5. The van der Waals surface area contributed by atoms with E-state index in [1.807, 2.05) is 30.3 Å². The van der Waals surface area contributed by atoms with E-state index in [-0.39, 0.29) is 5.70 Å². The van der Waals surface area contributed by atoms with Crippen LogP contribution in [0.15, 0.2) is 42.1 Å². The summed E-state index contributed by atoms with van der Waals surface area (Å²) in [6.07, 6.45) is 0.742. The molecule has 0 radical (unpaired) electrons. The lowest BCUT2D eigenvalue weighted by Crippen LogP contribution is -1.83. The fourth-order valence-corrected chi connectivity index (χ4v) is 1.86. The van der Waals surface area contributed by atoms with Gasteiger partial charge in [0.1, 0.15) is 0 Å². The molecule has 0 saturated heterocycles. The van der Waals surface area contributed by atoms with Gasteiger partial charge in [-0.1, -0.05) is 36.4 Å². The van der Waals surface area contributed by atoms with Crippen molar-refractivity contribution in [1.82, 2.24) is 0 Å². The van der Waals surface area contributed by atoms with Crippen LogP contribution < -0.4 is 0 Å². The van der Waals surface area contributed by atoms with Crippen molar-refractivity contribution in [3.05, 3.63) is 64.7 Å². The van der Waals surface area contributed by atoms with Crippen LogP contribution in [0.25, 0.3) is 10.4 Å². The lowest BCUT2D eigenvalue weighted by atomic mass is 10.0. The van der Waals surface area contributed by atoms with E-state index in [0.717, 1.165) is 28.7 Å². The summed E-state index contributed by atoms with van der Waals surface area (Å²) >= 11 is 0. The van der Waals surface area contributed by atoms with Crippen LogP contribution in [0, 0.1) is 17.9 Å². The molecule has 2 rings (SSSR count). The molecule has 0 aromatic heterocycles. The van der Waals surface area contributed by atoms with Crippen LogP contribution in [-0.2, 0) is 6.42 Å². The highest BCUT2D eigenvalue weighted by atomic mass is 14.7. The van der Waals surface area contributed by atoms with Crippen molar-refractivity contribution in [3.63, 3.8) is 0 Å². The Morgan fingerprint density at radius 1 is 1.47 bits per heavy atom. The second-order valence-corrected chi connectivity index (χ2v) is 3.38. The molecule has 1 aliphatic rings. The van der Waals surface area contributed by atoms with Gasteiger partial charge in [-0.3, -0.25) is 0 Å². The fourth-order valence-electron chi connectivity index (χ4n) is 1.86. The Morgan fingerprint density at radius 2 is 2.20 bits per heavy atom. The molecule has 0 aliphatic heterocycles. The maximum absolute atomic E-state index is 8.87. The van der Waals surface area contributed by atoms with Gasteiger partial charge in [-0.2, -0.15) is 0 Å². The van der Waals surface area contributed by atoms with Gasteiger partial charge in [0.15, 0.2) is 0 Å². The highest BCUT2D eigenvalue weighted by Crippen LogP contribution is 2.37. The third-order valence-corrected chi connectivity index (χ3v) is 2.50. The Hall–Kier alpha value is -2.32. The van der Waals surface area contributed by atoms with Crippen molar-refractivity contribution in [2.24, 2.45) is 0 Å². The minimum atomic E-state index is 0.143. The largest absolute Gasteiger partial charge is 0.269 e. The monoisotopic (exact) mass is 192 g/mol. The van der Waals surface area contributed by atoms with Gasteiger partial charge in [-0.15, -0.1) is 0 Å². The summed E-state index contributed by atoms with van der Waals surface area (Å²) in [6.45, 7) is 10.9. The first-order valence-corrected chi connectivity index (χ1v) is 4.56. The van der Waals surface area contributed by atoms with E-state index in [2.05, 4.69) is 11.4 Å². The number of benzene rings is 1. The fraction of sp³-hybridized carbons (Fsp3) is 0.0769. The molecule has 0 saturated carbocycles. The molecule has 70 valence electrons. The van der Waals surface area contributed by atoms with Gasteiger partial charge in [0, 0.05) is 5.57 Å². The summed E-state index contributed by atoms with van der Waals surface area (Å²) in [7, 11) is 0. The van der Waals surface area contributed by atoms with Gasteiger partial charge in [-0.25, -0.2) is 10.1 Å². The molecule has 1 aromatic carbocycles. The molecule has 1 aromatic rings. The Bertz CT molecular complexity index is 535. The van der Waals surface area contributed by atoms with Crippen LogP contribution in [0.1, 0.15) is 11.1 Å². The van der Waals surface area contributed by atoms with Crippen molar-refractivity contribution < 1.29 is 0 Å². The molecule has 0 fully saturated rings. The number of fused-ring (bicyclic) bond motifs is 1. The number of nitrogens with zero attached hydrogens (tertiary/aromatic N) is 2. The smallest absolute Gasteiger partial charge is 0.226 e. The van der Waals surface area contributed by atoms with Gasteiger partial charge in [-0.05, 0) is 17.5 Å². The first-order valence-electron chi connectivity index (χ1n) is 4.56. The maximum Gasteiger partial charge on any atom is 0.269 e. The first-order chi connectivity index (χ1) is 7.27. The van der Waals surface area contributed by atoms with Gasteiger partial charge in [0.2, 0.25) is 0 Å². The van der Waals surface area contributed by atoms with E-state index >= 15 is 0 Å². The molecule has 1 aliphatic carbocycles. The molecule has 0 unspecified atom stereocenters. The molecule has 0 amide bonds. The molecule has 0 bridgehead atoms. The molecular formula is C13H8N2. The third kappa shape index (κ3) is 1.33. The van der Waals surface area contributed by atoms with Crippen molar-refractivity contribution in [1.29, 1.82) is 5.26 Å². The standard InChI is InChI=1S/C13H8N2/c1-9-7-10-5-3-4-6-11(10)13(9)12(8-14)15-2/h3-6H,1,7H2. The lowest BCUT2D eigenvalue weighted by Gasteiger charge is -2.00. The topological polar surface area (TPSA) is 28.1 Å². The number of hydrogen-bond donors (Lipinski definition) is 0. The zero-order chi connectivity index (χ0) is 10.8. The summed E-state index contributed by atoms with van der Waals surface area (Å²) in [5.41, 5.74) is 3.86. The average molecular weight is 192 g/mol. The third-order valence-electron chi connectivity index (χ3n) is 2.50. The molecule has 0 N–H and O–H groups in total. The Balaban J connectivity index is 2.73. The predicted octanol–water partition coefficient (Wildman–Crippen LogP) is 2.95. The average Bonchev–Trinajstić information content (AvgIpc) is 2.58. The Morgan fingerprint density at radius 3 is 2.87 bits per heavy atom. The molecule has 0 heterocycles. The van der Waals surface area contributed by atoms with Gasteiger partial charge < -0.3 is 0 Å². The summed E-state index contributed by atoms with van der Waals surface area (Å²) in [6, 6.07) is 9.74. The summed E-state index contributed by atoms with van der Waals surface area (Å²) in [5.74, 6) is 0. The zero-order valence-electron chi connectivity index (χ0n) is 8.12. The minimum Gasteiger partial charge on any atom is -0.226 e. The van der Waals surface area contributed by atoms with E-state index < -0.39 is 0 Å². The van der Waals surface area contributed by atoms with E-state index in [1.54, 1.807) is 0 Å². The van der Waals surface area contributed by atoms with E-state index in [9.17, 15) is 0 Å². The quantitative estimate of drug-likeness (QED) is 0.458. The van der Waals surface area contributed by atoms with Crippen LogP contribution in [0.4, 0.5) is 0 Å². The van der Waals surface area contributed by atoms with E-state index in [4.69, 9.17) is 11.8 Å². The molecule has 2 heteroatoms. The van der Waals surface area contributed by atoms with E-state index in [0.29, 0.717) is 0 Å². The number of hydrogen-bond acceptors (Lipinski definition) is 1. The number of allylic oxidation sites excluding steroid dienone is 3. The minimum absolute atomic E-state index is 0.143. The SMILES string of the molecule is [C-]#[N+]C(C#N)=C1C(=C)Cc2ccccc21. The number of nitriles is 1. The van der Waals surface area contributed by atoms with Crippen molar-refractivity contribution >= 4 is 5.57 Å². The molecule has 0 spiro atoms. The zero-order valence-corrected chi connectivity index (χ0v) is 8.12. The van der Waals surface area contributed by atoms with Gasteiger partial charge in [0.25, 0.3) is 5.70 Å². The van der Waals surface area contributed by atoms with Crippen molar-refractivity contribution in [2.75, 3.05) is 0 Å². The Kier molecular flexibility index (Phi) is 2.12. The molecular weight excluding hydrogens is 184 g/mol. The predicted molar refractivity (Wildman–Crippen MR) is 58.4 cm³/mol. The lowest BCUT2D eigenvalue weighted by molar-refractivity contribution is 1.28. The van der Waals surface area contributed by atoms with E-state index in [1.165, 1.54) is 0 Å². The van der Waals surface area contributed by atoms with Crippen molar-refractivity contribution in [3.8, 4) is 6.07 Å². The van der Waals surface area contributed by atoms with Gasteiger partial charge in [0.05, 0.1) is 12.6 Å². The Labute approximate surface area is 88.6 Å². The van der Waals surface area contributed by atoms with Crippen LogP contribution in [0.3, 0.4) is 0 Å². The number of rotatable bonds is 0. The summed E-state index contributed by atoms with van der Waals surface area (Å²) < 4.78 is 0. The van der Waals surface area contributed by atoms with Crippen LogP contribution >= 0.6 is 0 Å². The second kappa shape index (κ2) is 3.44. The first kappa shape index (κ1) is 9.24. The maximum atomic E-state index is 8.87.